The van der Waals surface area contributed by atoms with Crippen LogP contribution >= 0.6 is 0 Å². The van der Waals surface area contributed by atoms with E-state index in [1.165, 1.54) is 7.11 Å². The topological polar surface area (TPSA) is 55.4 Å². The summed E-state index contributed by atoms with van der Waals surface area (Å²) in [6.45, 7) is 8.00. The minimum atomic E-state index is -0.580. The van der Waals surface area contributed by atoms with Gasteiger partial charge >= 0.3 is 0 Å². The summed E-state index contributed by atoms with van der Waals surface area (Å²) in [6.07, 6.45) is 0. The molecule has 0 saturated carbocycles. The van der Waals surface area contributed by atoms with Crippen LogP contribution in [0.5, 0.6) is 5.75 Å². The Morgan fingerprint density at radius 2 is 1.65 bits per heavy atom. The van der Waals surface area contributed by atoms with E-state index in [-0.39, 0.29) is 0 Å². The molecule has 0 radical (unpaired) electrons. The molecule has 17 heavy (non-hydrogen) atoms. The molecule has 0 atom stereocenters. The third-order valence-electron chi connectivity index (χ3n) is 1.93. The third-order valence-corrected chi connectivity index (χ3v) is 1.93. The number of hydrogen-bond acceptors (Lipinski definition) is 3. The van der Waals surface area contributed by atoms with E-state index >= 15 is 0 Å². The van der Waals surface area contributed by atoms with Gasteiger partial charge in [0.15, 0.2) is 0 Å². The molecule has 1 aromatic carbocycles. The van der Waals surface area contributed by atoms with Crippen LogP contribution in [-0.4, -0.2) is 18.8 Å². The summed E-state index contributed by atoms with van der Waals surface area (Å²) in [4.78, 5) is 22.1. The largest absolute Gasteiger partial charge is 0.497 e. The normalized spacial score (nSPS) is 11.4. The minimum absolute atomic E-state index is 0.379. The van der Waals surface area contributed by atoms with Gasteiger partial charge in [-0.1, -0.05) is 27.7 Å². The van der Waals surface area contributed by atoms with Crippen LogP contribution in [-0.2, 0) is 4.79 Å². The van der Waals surface area contributed by atoms with E-state index < -0.39 is 11.7 Å². The zero-order valence-electron chi connectivity index (χ0n) is 11.0. The SMILES string of the molecule is CC.CC.COc1ccc2c(c1)C(=O)C(=O)N2. The van der Waals surface area contributed by atoms with E-state index in [9.17, 15) is 9.59 Å². The molecule has 94 valence electrons. The number of carbonyl (C=O) groups excluding carboxylic acids is 2. The molecule has 1 aliphatic rings. The highest BCUT2D eigenvalue weighted by atomic mass is 16.5. The van der Waals surface area contributed by atoms with Gasteiger partial charge in [0.05, 0.1) is 18.4 Å². The van der Waals surface area contributed by atoms with Crippen molar-refractivity contribution in [2.75, 3.05) is 12.4 Å². The summed E-state index contributed by atoms with van der Waals surface area (Å²) in [5.41, 5.74) is 0.931. The molecular formula is C13H19NO3. The van der Waals surface area contributed by atoms with E-state index in [4.69, 9.17) is 4.74 Å². The average Bonchev–Trinajstić information content (AvgIpc) is 2.69. The predicted octanol–water partition coefficient (Wildman–Crippen LogP) is 2.88. The molecular weight excluding hydrogens is 218 g/mol. The molecule has 0 saturated heterocycles. The standard InChI is InChI=1S/C9H7NO3.2C2H6/c1-13-5-2-3-7-6(4-5)8(11)9(12)10-7;2*1-2/h2-4H,1H3,(H,10,11,12);2*1-2H3. The quantitative estimate of drug-likeness (QED) is 0.764. The predicted molar refractivity (Wildman–Crippen MR) is 68.7 cm³/mol. The zero-order chi connectivity index (χ0) is 13.4. The van der Waals surface area contributed by atoms with Gasteiger partial charge < -0.3 is 10.1 Å². The molecule has 4 nitrogen and oxygen atoms in total. The van der Waals surface area contributed by atoms with Crippen LogP contribution in [0.25, 0.3) is 0 Å². The van der Waals surface area contributed by atoms with Gasteiger partial charge in [-0.05, 0) is 18.2 Å². The average molecular weight is 237 g/mol. The Morgan fingerprint density at radius 3 is 2.18 bits per heavy atom. The first-order valence-corrected chi connectivity index (χ1v) is 5.76. The van der Waals surface area contributed by atoms with E-state index in [1.807, 2.05) is 27.7 Å². The van der Waals surface area contributed by atoms with Crippen molar-refractivity contribution in [2.24, 2.45) is 0 Å². The van der Waals surface area contributed by atoms with E-state index in [0.717, 1.165) is 0 Å². The van der Waals surface area contributed by atoms with Crippen molar-refractivity contribution in [1.82, 2.24) is 0 Å². The number of benzene rings is 1. The lowest BCUT2D eigenvalue weighted by Gasteiger charge is -2.00. The Bertz CT molecular complexity index is 400. The second-order valence-corrected chi connectivity index (χ2v) is 2.69. The van der Waals surface area contributed by atoms with Gasteiger partial charge in [-0.3, -0.25) is 9.59 Å². The van der Waals surface area contributed by atoms with Gasteiger partial charge in [-0.15, -0.1) is 0 Å². The highest BCUT2D eigenvalue weighted by Gasteiger charge is 2.27. The molecule has 0 unspecified atom stereocenters. The maximum atomic E-state index is 11.2. The number of nitrogens with one attached hydrogen (secondary N) is 1. The Hall–Kier alpha value is -1.84. The summed E-state index contributed by atoms with van der Waals surface area (Å²) in [5, 5.41) is 2.45. The first-order chi connectivity index (χ1) is 8.22. The monoisotopic (exact) mass is 237 g/mol. The lowest BCUT2D eigenvalue weighted by Crippen LogP contribution is -2.12. The summed E-state index contributed by atoms with van der Waals surface area (Å²) < 4.78 is 4.93. The smallest absolute Gasteiger partial charge is 0.296 e. The first-order valence-electron chi connectivity index (χ1n) is 5.76. The highest BCUT2D eigenvalue weighted by molar-refractivity contribution is 6.51. The number of hydrogen-bond donors (Lipinski definition) is 1. The molecule has 1 aromatic rings. The van der Waals surface area contributed by atoms with Crippen LogP contribution in [0.4, 0.5) is 5.69 Å². The van der Waals surface area contributed by atoms with Gasteiger partial charge in [0, 0.05) is 0 Å². The molecule has 0 bridgehead atoms. The summed E-state index contributed by atoms with van der Waals surface area (Å²) >= 11 is 0. The Balaban J connectivity index is 0.000000581. The van der Waals surface area contributed by atoms with Crippen LogP contribution in [0, 0.1) is 0 Å². The maximum Gasteiger partial charge on any atom is 0.296 e. The zero-order valence-corrected chi connectivity index (χ0v) is 11.0. The summed E-state index contributed by atoms with van der Waals surface area (Å²) in [5.74, 6) is -0.513. The molecule has 0 aliphatic carbocycles. The molecule has 1 heterocycles. The van der Waals surface area contributed by atoms with Gasteiger partial charge in [0.2, 0.25) is 0 Å². The molecule has 1 amide bonds. The molecule has 2 rings (SSSR count). The van der Waals surface area contributed by atoms with Crippen molar-refractivity contribution >= 4 is 17.4 Å². The van der Waals surface area contributed by atoms with Crippen molar-refractivity contribution in [3.05, 3.63) is 23.8 Å². The lowest BCUT2D eigenvalue weighted by molar-refractivity contribution is -0.112. The molecule has 0 fully saturated rings. The van der Waals surface area contributed by atoms with E-state index in [2.05, 4.69) is 5.32 Å². The first kappa shape index (κ1) is 15.2. The summed E-state index contributed by atoms with van der Waals surface area (Å²) in [7, 11) is 1.51. The van der Waals surface area contributed by atoms with Crippen LogP contribution < -0.4 is 10.1 Å². The number of anilines is 1. The summed E-state index contributed by atoms with van der Waals surface area (Å²) in [6, 6.07) is 4.89. The second-order valence-electron chi connectivity index (χ2n) is 2.69. The number of Topliss-reactive ketones (excluding diaryl/α,β-unsaturated/α-hetero) is 1. The number of carbonyl (C=O) groups is 2. The molecule has 1 aliphatic heterocycles. The highest BCUT2D eigenvalue weighted by Crippen LogP contribution is 2.26. The number of fused-ring (bicyclic) bond motifs is 1. The third kappa shape index (κ3) is 3.31. The molecule has 0 spiro atoms. The van der Waals surface area contributed by atoms with Crippen LogP contribution in [0.15, 0.2) is 18.2 Å². The fraction of sp³-hybridized carbons (Fsp3) is 0.385. The van der Waals surface area contributed by atoms with Crippen LogP contribution in [0.1, 0.15) is 38.1 Å². The minimum Gasteiger partial charge on any atom is -0.497 e. The van der Waals surface area contributed by atoms with E-state index in [0.29, 0.717) is 17.0 Å². The molecule has 0 aromatic heterocycles. The number of ether oxygens (including phenoxy) is 1. The van der Waals surface area contributed by atoms with Gasteiger partial charge in [0.25, 0.3) is 11.7 Å². The second kappa shape index (κ2) is 7.44. The number of methoxy groups -OCH3 is 1. The van der Waals surface area contributed by atoms with Crippen molar-refractivity contribution in [3.63, 3.8) is 0 Å². The number of amides is 1. The van der Waals surface area contributed by atoms with Crippen LogP contribution in [0.3, 0.4) is 0 Å². The Kier molecular flexibility index (Phi) is 6.63. The van der Waals surface area contributed by atoms with Crippen molar-refractivity contribution < 1.29 is 14.3 Å². The fourth-order valence-corrected chi connectivity index (χ4v) is 1.25. The van der Waals surface area contributed by atoms with Crippen molar-refractivity contribution in [1.29, 1.82) is 0 Å². The Labute approximate surface area is 102 Å². The molecule has 1 N–H and O–H groups in total. The number of ketones is 1. The number of rotatable bonds is 1. The van der Waals surface area contributed by atoms with Crippen molar-refractivity contribution in [2.45, 2.75) is 27.7 Å². The van der Waals surface area contributed by atoms with Crippen molar-refractivity contribution in [3.8, 4) is 5.75 Å². The van der Waals surface area contributed by atoms with E-state index in [1.54, 1.807) is 18.2 Å². The maximum absolute atomic E-state index is 11.2. The fourth-order valence-electron chi connectivity index (χ4n) is 1.25. The van der Waals surface area contributed by atoms with Gasteiger partial charge in [-0.2, -0.15) is 0 Å². The lowest BCUT2D eigenvalue weighted by atomic mass is 10.1. The van der Waals surface area contributed by atoms with Gasteiger partial charge in [-0.25, -0.2) is 0 Å². The molecule has 4 heteroatoms. The Morgan fingerprint density at radius 1 is 1.06 bits per heavy atom. The van der Waals surface area contributed by atoms with Gasteiger partial charge in [0.1, 0.15) is 5.75 Å². The van der Waals surface area contributed by atoms with Crippen LogP contribution in [0.2, 0.25) is 0 Å².